The summed E-state index contributed by atoms with van der Waals surface area (Å²) < 4.78 is 0. The number of aromatic nitrogens is 1. The van der Waals surface area contributed by atoms with Gasteiger partial charge in [-0.25, -0.2) is 0 Å². The molecular formula is C11H19N3S. The van der Waals surface area contributed by atoms with Crippen molar-refractivity contribution in [1.82, 2.24) is 9.88 Å². The first-order valence-corrected chi connectivity index (χ1v) is 6.62. The van der Waals surface area contributed by atoms with Gasteiger partial charge in [0.1, 0.15) is 0 Å². The molecule has 0 aromatic carbocycles. The number of nitrogens with two attached hydrogens (primary N) is 1. The van der Waals surface area contributed by atoms with Crippen LogP contribution in [-0.2, 0) is 0 Å². The van der Waals surface area contributed by atoms with E-state index in [0.29, 0.717) is 6.04 Å². The van der Waals surface area contributed by atoms with E-state index < -0.39 is 0 Å². The van der Waals surface area contributed by atoms with Gasteiger partial charge in [0.05, 0.1) is 5.51 Å². The molecule has 2 N–H and O–H groups in total. The third kappa shape index (κ3) is 2.77. The van der Waals surface area contributed by atoms with Gasteiger partial charge in [0.15, 0.2) is 0 Å². The molecule has 0 aliphatic carbocycles. The van der Waals surface area contributed by atoms with E-state index in [1.54, 1.807) is 11.3 Å². The summed E-state index contributed by atoms with van der Waals surface area (Å²) >= 11 is 1.76. The molecule has 1 aromatic rings. The normalized spacial score (nSPS) is 20.3. The summed E-state index contributed by atoms with van der Waals surface area (Å²) in [6.45, 7) is 3.21. The second-order valence-corrected chi connectivity index (χ2v) is 5.01. The van der Waals surface area contributed by atoms with Gasteiger partial charge < -0.3 is 5.73 Å². The first-order chi connectivity index (χ1) is 7.42. The second-order valence-electron chi connectivity index (χ2n) is 4.09. The van der Waals surface area contributed by atoms with E-state index in [2.05, 4.69) is 9.88 Å². The largest absolute Gasteiger partial charge is 0.330 e. The highest BCUT2D eigenvalue weighted by molar-refractivity contribution is 7.09. The van der Waals surface area contributed by atoms with Crippen LogP contribution < -0.4 is 5.73 Å². The SMILES string of the molecule is NCCC(c1cncs1)N1CCCCC1. The molecule has 1 aliphatic rings. The predicted molar refractivity (Wildman–Crippen MR) is 64.0 cm³/mol. The van der Waals surface area contributed by atoms with E-state index in [0.717, 1.165) is 13.0 Å². The molecule has 0 saturated carbocycles. The summed E-state index contributed by atoms with van der Waals surface area (Å²) in [5.74, 6) is 0. The lowest BCUT2D eigenvalue weighted by molar-refractivity contribution is 0.159. The van der Waals surface area contributed by atoms with Crippen molar-refractivity contribution in [2.24, 2.45) is 5.73 Å². The zero-order valence-electron chi connectivity index (χ0n) is 9.06. The maximum Gasteiger partial charge on any atom is 0.0794 e. The molecule has 84 valence electrons. The lowest BCUT2D eigenvalue weighted by Gasteiger charge is -2.33. The van der Waals surface area contributed by atoms with E-state index in [1.807, 2.05) is 11.7 Å². The maximum atomic E-state index is 5.70. The Balaban J connectivity index is 2.04. The maximum absolute atomic E-state index is 5.70. The van der Waals surface area contributed by atoms with Crippen LogP contribution in [-0.4, -0.2) is 29.5 Å². The standard InChI is InChI=1S/C11H19N3S/c12-5-4-10(11-8-13-9-15-11)14-6-2-1-3-7-14/h8-10H,1-7,12H2. The first kappa shape index (κ1) is 11.0. The van der Waals surface area contributed by atoms with Gasteiger partial charge >= 0.3 is 0 Å². The summed E-state index contributed by atoms with van der Waals surface area (Å²) in [5, 5.41) is 0. The monoisotopic (exact) mass is 225 g/mol. The number of thiazole rings is 1. The van der Waals surface area contributed by atoms with Gasteiger partial charge in [0, 0.05) is 17.1 Å². The van der Waals surface area contributed by atoms with Gasteiger partial charge in [-0.2, -0.15) is 0 Å². The van der Waals surface area contributed by atoms with Crippen molar-refractivity contribution in [2.45, 2.75) is 31.7 Å². The molecular weight excluding hydrogens is 206 g/mol. The van der Waals surface area contributed by atoms with Crippen molar-refractivity contribution < 1.29 is 0 Å². The highest BCUT2D eigenvalue weighted by Crippen LogP contribution is 2.29. The Morgan fingerprint density at radius 1 is 1.40 bits per heavy atom. The van der Waals surface area contributed by atoms with Crippen LogP contribution in [0.4, 0.5) is 0 Å². The van der Waals surface area contributed by atoms with Crippen LogP contribution in [0.5, 0.6) is 0 Å². The third-order valence-corrected chi connectivity index (χ3v) is 3.93. The molecule has 1 aromatic heterocycles. The van der Waals surface area contributed by atoms with Gasteiger partial charge in [-0.1, -0.05) is 6.42 Å². The average Bonchev–Trinajstić information content (AvgIpc) is 2.80. The van der Waals surface area contributed by atoms with E-state index in [-0.39, 0.29) is 0 Å². The quantitative estimate of drug-likeness (QED) is 0.852. The fourth-order valence-electron chi connectivity index (χ4n) is 2.28. The van der Waals surface area contributed by atoms with Crippen molar-refractivity contribution in [3.05, 3.63) is 16.6 Å². The number of rotatable bonds is 4. The Kier molecular flexibility index (Phi) is 4.11. The molecule has 2 rings (SSSR count). The van der Waals surface area contributed by atoms with Gasteiger partial charge in [-0.3, -0.25) is 9.88 Å². The topological polar surface area (TPSA) is 42.1 Å². The molecule has 15 heavy (non-hydrogen) atoms. The van der Waals surface area contributed by atoms with E-state index in [9.17, 15) is 0 Å². The molecule has 1 unspecified atom stereocenters. The summed E-state index contributed by atoms with van der Waals surface area (Å²) in [7, 11) is 0. The van der Waals surface area contributed by atoms with E-state index in [1.165, 1.54) is 37.2 Å². The van der Waals surface area contributed by atoms with Crippen molar-refractivity contribution in [1.29, 1.82) is 0 Å². The van der Waals surface area contributed by atoms with E-state index >= 15 is 0 Å². The van der Waals surface area contributed by atoms with Gasteiger partial charge in [0.25, 0.3) is 0 Å². The van der Waals surface area contributed by atoms with Crippen molar-refractivity contribution >= 4 is 11.3 Å². The molecule has 4 heteroatoms. The van der Waals surface area contributed by atoms with Crippen LogP contribution in [0.15, 0.2) is 11.7 Å². The molecule has 1 aliphatic heterocycles. The summed E-state index contributed by atoms with van der Waals surface area (Å²) in [6, 6.07) is 0.516. The van der Waals surface area contributed by atoms with Crippen LogP contribution >= 0.6 is 11.3 Å². The van der Waals surface area contributed by atoms with Crippen LogP contribution in [0.1, 0.15) is 36.6 Å². The lowest BCUT2D eigenvalue weighted by Crippen LogP contribution is -2.34. The Bertz CT molecular complexity index is 267. The van der Waals surface area contributed by atoms with Gasteiger partial charge in [-0.15, -0.1) is 11.3 Å². The van der Waals surface area contributed by atoms with Crippen molar-refractivity contribution in [3.63, 3.8) is 0 Å². The fraction of sp³-hybridized carbons (Fsp3) is 0.727. The zero-order chi connectivity index (χ0) is 10.5. The smallest absolute Gasteiger partial charge is 0.0794 e. The second kappa shape index (κ2) is 5.58. The molecule has 0 amide bonds. The summed E-state index contributed by atoms with van der Waals surface area (Å²) in [4.78, 5) is 8.12. The van der Waals surface area contributed by atoms with E-state index in [4.69, 9.17) is 5.73 Å². The minimum absolute atomic E-state index is 0.516. The number of likely N-dealkylation sites (tertiary alicyclic amines) is 1. The Morgan fingerprint density at radius 3 is 2.80 bits per heavy atom. The summed E-state index contributed by atoms with van der Waals surface area (Å²) in [5.41, 5.74) is 7.62. The average molecular weight is 225 g/mol. The molecule has 2 heterocycles. The zero-order valence-corrected chi connectivity index (χ0v) is 9.88. The van der Waals surface area contributed by atoms with Crippen molar-refractivity contribution in [2.75, 3.05) is 19.6 Å². The Morgan fingerprint density at radius 2 is 2.20 bits per heavy atom. The van der Waals surface area contributed by atoms with Crippen LogP contribution in [0.2, 0.25) is 0 Å². The van der Waals surface area contributed by atoms with Crippen LogP contribution in [0.3, 0.4) is 0 Å². The van der Waals surface area contributed by atoms with Gasteiger partial charge in [0.2, 0.25) is 0 Å². The number of hydrogen-bond acceptors (Lipinski definition) is 4. The molecule has 0 radical (unpaired) electrons. The number of nitrogens with zero attached hydrogens (tertiary/aromatic N) is 2. The number of hydrogen-bond donors (Lipinski definition) is 1. The van der Waals surface area contributed by atoms with Crippen LogP contribution in [0.25, 0.3) is 0 Å². The lowest BCUT2D eigenvalue weighted by atomic mass is 10.1. The molecule has 1 saturated heterocycles. The highest BCUT2D eigenvalue weighted by atomic mass is 32.1. The molecule has 0 spiro atoms. The van der Waals surface area contributed by atoms with Gasteiger partial charge in [-0.05, 0) is 38.9 Å². The minimum Gasteiger partial charge on any atom is -0.330 e. The number of piperidine rings is 1. The first-order valence-electron chi connectivity index (χ1n) is 5.74. The van der Waals surface area contributed by atoms with Crippen LogP contribution in [0, 0.1) is 0 Å². The minimum atomic E-state index is 0.516. The molecule has 3 nitrogen and oxygen atoms in total. The molecule has 1 fully saturated rings. The Labute approximate surface area is 95.3 Å². The highest BCUT2D eigenvalue weighted by Gasteiger charge is 2.22. The molecule has 1 atom stereocenters. The predicted octanol–water partition coefficient (Wildman–Crippen LogP) is 2.02. The fourth-order valence-corrected chi connectivity index (χ4v) is 3.07. The Hall–Kier alpha value is -0.450. The van der Waals surface area contributed by atoms with Crippen molar-refractivity contribution in [3.8, 4) is 0 Å². The third-order valence-electron chi connectivity index (χ3n) is 3.05. The summed E-state index contributed by atoms with van der Waals surface area (Å²) in [6.07, 6.45) is 7.11. The molecule has 0 bridgehead atoms.